The highest BCUT2D eigenvalue weighted by Crippen LogP contribution is 2.09. The smallest absolute Gasteiger partial charge is 0.0658 e. The van der Waals surface area contributed by atoms with Crippen LogP contribution in [0.2, 0.25) is 0 Å². The lowest BCUT2D eigenvalue weighted by Gasteiger charge is -1.99. The van der Waals surface area contributed by atoms with Crippen LogP contribution < -0.4 is 5.73 Å². The minimum Gasteiger partial charge on any atom is -0.397 e. The Labute approximate surface area is 71.6 Å². The zero-order valence-electron chi connectivity index (χ0n) is 6.99. The van der Waals surface area contributed by atoms with E-state index in [4.69, 9.17) is 10.8 Å². The van der Waals surface area contributed by atoms with Gasteiger partial charge < -0.3 is 10.8 Å². The molecule has 0 aliphatic rings. The van der Waals surface area contributed by atoms with E-state index in [1.807, 2.05) is 13.0 Å². The first kappa shape index (κ1) is 8.74. The van der Waals surface area contributed by atoms with Crippen molar-refractivity contribution < 1.29 is 5.11 Å². The molecule has 3 nitrogen and oxygen atoms in total. The zero-order valence-corrected chi connectivity index (χ0v) is 6.99. The summed E-state index contributed by atoms with van der Waals surface area (Å²) in [5, 5.41) is 8.53. The van der Waals surface area contributed by atoms with E-state index in [-0.39, 0.29) is 6.61 Å². The van der Waals surface area contributed by atoms with Gasteiger partial charge in [-0.1, -0.05) is 6.08 Å². The Morgan fingerprint density at radius 2 is 2.42 bits per heavy atom. The fourth-order valence-corrected chi connectivity index (χ4v) is 0.946. The average Bonchev–Trinajstić information content (AvgIpc) is 2.03. The number of nitrogen functional groups attached to an aromatic ring is 1. The number of hydrogen-bond acceptors (Lipinski definition) is 3. The number of rotatable bonds is 2. The van der Waals surface area contributed by atoms with E-state index < -0.39 is 0 Å². The molecule has 1 aromatic rings. The standard InChI is InChI=1S/C9H12N2O/c1-7-5-8(10)6-11-9(7)3-2-4-12/h2-3,5-6,12H,4,10H2,1H3. The highest BCUT2D eigenvalue weighted by molar-refractivity contribution is 5.52. The Bertz CT molecular complexity index is 295. The zero-order chi connectivity index (χ0) is 8.97. The van der Waals surface area contributed by atoms with E-state index in [1.54, 1.807) is 18.3 Å². The lowest BCUT2D eigenvalue weighted by atomic mass is 10.2. The van der Waals surface area contributed by atoms with E-state index in [2.05, 4.69) is 4.98 Å². The molecule has 12 heavy (non-hydrogen) atoms. The van der Waals surface area contributed by atoms with E-state index in [0.29, 0.717) is 5.69 Å². The second-order valence-corrected chi connectivity index (χ2v) is 2.56. The highest BCUT2D eigenvalue weighted by Gasteiger charge is 1.94. The van der Waals surface area contributed by atoms with E-state index in [0.717, 1.165) is 11.3 Å². The first-order chi connectivity index (χ1) is 5.74. The molecular formula is C9H12N2O. The summed E-state index contributed by atoms with van der Waals surface area (Å²) in [4.78, 5) is 4.09. The summed E-state index contributed by atoms with van der Waals surface area (Å²) in [6, 6.07) is 1.85. The second-order valence-electron chi connectivity index (χ2n) is 2.56. The van der Waals surface area contributed by atoms with Gasteiger partial charge >= 0.3 is 0 Å². The number of pyridine rings is 1. The monoisotopic (exact) mass is 164 g/mol. The number of aliphatic hydroxyl groups is 1. The summed E-state index contributed by atoms with van der Waals surface area (Å²) in [7, 11) is 0. The molecule has 1 heterocycles. The third-order valence-electron chi connectivity index (χ3n) is 1.52. The van der Waals surface area contributed by atoms with Crippen LogP contribution in [0.4, 0.5) is 5.69 Å². The second kappa shape index (κ2) is 3.88. The molecule has 0 aliphatic heterocycles. The lowest BCUT2D eigenvalue weighted by molar-refractivity contribution is 0.343. The molecule has 0 fully saturated rings. The molecule has 0 bridgehead atoms. The normalized spacial score (nSPS) is 10.8. The summed E-state index contributed by atoms with van der Waals surface area (Å²) in [5.41, 5.74) is 8.04. The van der Waals surface area contributed by atoms with Crippen molar-refractivity contribution in [2.75, 3.05) is 12.3 Å². The van der Waals surface area contributed by atoms with Gasteiger partial charge in [0.15, 0.2) is 0 Å². The largest absolute Gasteiger partial charge is 0.397 e. The number of aryl methyl sites for hydroxylation is 1. The Morgan fingerprint density at radius 1 is 1.67 bits per heavy atom. The summed E-state index contributed by atoms with van der Waals surface area (Å²) >= 11 is 0. The van der Waals surface area contributed by atoms with E-state index in [1.165, 1.54) is 0 Å². The predicted molar refractivity (Wildman–Crippen MR) is 49.5 cm³/mol. The number of aliphatic hydroxyl groups excluding tert-OH is 1. The third kappa shape index (κ3) is 2.07. The van der Waals surface area contributed by atoms with Crippen molar-refractivity contribution in [1.29, 1.82) is 0 Å². The molecule has 64 valence electrons. The Morgan fingerprint density at radius 3 is 3.00 bits per heavy atom. The van der Waals surface area contributed by atoms with Crippen molar-refractivity contribution in [2.45, 2.75) is 6.92 Å². The molecule has 0 spiro atoms. The molecule has 0 unspecified atom stereocenters. The molecule has 3 N–H and O–H groups in total. The van der Waals surface area contributed by atoms with Crippen molar-refractivity contribution in [1.82, 2.24) is 4.98 Å². The van der Waals surface area contributed by atoms with E-state index in [9.17, 15) is 0 Å². The molecule has 0 aliphatic carbocycles. The fourth-order valence-electron chi connectivity index (χ4n) is 0.946. The Kier molecular flexibility index (Phi) is 2.82. The molecule has 0 aromatic carbocycles. The third-order valence-corrected chi connectivity index (χ3v) is 1.52. The summed E-state index contributed by atoms with van der Waals surface area (Å²) < 4.78 is 0. The summed E-state index contributed by atoms with van der Waals surface area (Å²) in [6.45, 7) is 1.96. The maximum absolute atomic E-state index is 8.53. The predicted octanol–water partition coefficient (Wildman–Crippen LogP) is 0.978. The number of nitrogens with zero attached hydrogens (tertiary/aromatic N) is 1. The lowest BCUT2D eigenvalue weighted by Crippen LogP contribution is -1.91. The van der Waals surface area contributed by atoms with Gasteiger partial charge in [-0.05, 0) is 24.6 Å². The maximum atomic E-state index is 8.53. The average molecular weight is 164 g/mol. The van der Waals surface area contributed by atoms with Crippen molar-refractivity contribution in [3.63, 3.8) is 0 Å². The van der Waals surface area contributed by atoms with Gasteiger partial charge in [-0.2, -0.15) is 0 Å². The van der Waals surface area contributed by atoms with Gasteiger partial charge in [0.05, 0.1) is 24.2 Å². The van der Waals surface area contributed by atoms with Gasteiger partial charge in [0.2, 0.25) is 0 Å². The van der Waals surface area contributed by atoms with Crippen LogP contribution in [-0.2, 0) is 0 Å². The topological polar surface area (TPSA) is 59.1 Å². The molecule has 1 rings (SSSR count). The summed E-state index contributed by atoms with van der Waals surface area (Å²) in [5.74, 6) is 0. The number of aromatic nitrogens is 1. The van der Waals surface area contributed by atoms with Crippen LogP contribution in [0.3, 0.4) is 0 Å². The van der Waals surface area contributed by atoms with Crippen LogP contribution in [0.1, 0.15) is 11.3 Å². The van der Waals surface area contributed by atoms with Crippen LogP contribution in [0.25, 0.3) is 6.08 Å². The van der Waals surface area contributed by atoms with Crippen LogP contribution in [-0.4, -0.2) is 16.7 Å². The molecule has 3 heteroatoms. The molecular weight excluding hydrogens is 152 g/mol. The van der Waals surface area contributed by atoms with Crippen LogP contribution in [0.5, 0.6) is 0 Å². The Hall–Kier alpha value is -1.35. The van der Waals surface area contributed by atoms with Gasteiger partial charge in [-0.25, -0.2) is 0 Å². The Balaban J connectivity index is 2.94. The van der Waals surface area contributed by atoms with Gasteiger partial charge in [0.25, 0.3) is 0 Å². The van der Waals surface area contributed by atoms with E-state index >= 15 is 0 Å². The highest BCUT2D eigenvalue weighted by atomic mass is 16.2. The number of anilines is 1. The van der Waals surface area contributed by atoms with Crippen molar-refractivity contribution in [3.8, 4) is 0 Å². The van der Waals surface area contributed by atoms with Gasteiger partial charge in [-0.15, -0.1) is 0 Å². The van der Waals surface area contributed by atoms with Crippen molar-refractivity contribution in [2.24, 2.45) is 0 Å². The van der Waals surface area contributed by atoms with Gasteiger partial charge in [0, 0.05) is 0 Å². The fraction of sp³-hybridized carbons (Fsp3) is 0.222. The first-order valence-electron chi connectivity index (χ1n) is 3.73. The molecule has 0 saturated carbocycles. The number of nitrogens with two attached hydrogens (primary N) is 1. The van der Waals surface area contributed by atoms with Gasteiger partial charge in [0.1, 0.15) is 0 Å². The minimum absolute atomic E-state index is 0.0332. The molecule has 0 radical (unpaired) electrons. The van der Waals surface area contributed by atoms with Crippen LogP contribution in [0, 0.1) is 6.92 Å². The summed E-state index contributed by atoms with van der Waals surface area (Å²) in [6.07, 6.45) is 5.02. The molecule has 0 amide bonds. The minimum atomic E-state index is 0.0332. The SMILES string of the molecule is Cc1cc(N)cnc1C=CCO. The van der Waals surface area contributed by atoms with Crippen molar-refractivity contribution in [3.05, 3.63) is 29.6 Å². The quantitative estimate of drug-likeness (QED) is 0.685. The maximum Gasteiger partial charge on any atom is 0.0658 e. The molecule has 0 atom stereocenters. The molecule has 1 aromatic heterocycles. The van der Waals surface area contributed by atoms with Crippen molar-refractivity contribution >= 4 is 11.8 Å². The molecule has 0 saturated heterocycles. The van der Waals surface area contributed by atoms with Crippen LogP contribution in [0.15, 0.2) is 18.3 Å². The number of hydrogen-bond donors (Lipinski definition) is 2. The van der Waals surface area contributed by atoms with Crippen LogP contribution >= 0.6 is 0 Å². The van der Waals surface area contributed by atoms with Gasteiger partial charge in [-0.3, -0.25) is 4.98 Å². The first-order valence-corrected chi connectivity index (χ1v) is 3.73.